The Labute approximate surface area is 112 Å². The molecule has 0 aromatic carbocycles. The van der Waals surface area contributed by atoms with Gasteiger partial charge in [-0.3, -0.25) is 4.90 Å². The third-order valence-electron chi connectivity index (χ3n) is 5.04. The topological polar surface area (TPSA) is 32.7 Å². The highest BCUT2D eigenvalue weighted by molar-refractivity contribution is 4.96. The van der Waals surface area contributed by atoms with Gasteiger partial charge in [0.25, 0.3) is 0 Å². The van der Waals surface area contributed by atoms with E-state index in [-0.39, 0.29) is 11.6 Å². The molecule has 0 amide bonds. The van der Waals surface area contributed by atoms with Crippen molar-refractivity contribution in [2.75, 3.05) is 19.7 Å². The molecule has 18 heavy (non-hydrogen) atoms. The molecule has 3 nitrogen and oxygen atoms in total. The molecule has 1 heterocycles. The van der Waals surface area contributed by atoms with E-state index in [0.29, 0.717) is 17.9 Å². The van der Waals surface area contributed by atoms with Crippen LogP contribution < -0.4 is 0 Å². The lowest BCUT2D eigenvalue weighted by Gasteiger charge is -2.50. The smallest absolute Gasteiger partial charge is 0.0674 e. The van der Waals surface area contributed by atoms with Gasteiger partial charge in [0, 0.05) is 24.5 Å². The fourth-order valence-electron chi connectivity index (χ4n) is 3.75. The number of ether oxygens (including phenoxy) is 1. The molecule has 0 aromatic rings. The van der Waals surface area contributed by atoms with Crippen LogP contribution in [0.25, 0.3) is 0 Å². The van der Waals surface area contributed by atoms with Crippen LogP contribution in [0.2, 0.25) is 0 Å². The normalized spacial score (nSPS) is 39.8. The molecule has 2 fully saturated rings. The van der Waals surface area contributed by atoms with E-state index in [1.54, 1.807) is 0 Å². The minimum Gasteiger partial charge on any atom is -0.393 e. The predicted molar refractivity (Wildman–Crippen MR) is 73.6 cm³/mol. The van der Waals surface area contributed by atoms with Crippen LogP contribution in [0.4, 0.5) is 0 Å². The highest BCUT2D eigenvalue weighted by Crippen LogP contribution is 2.39. The molecule has 0 spiro atoms. The summed E-state index contributed by atoms with van der Waals surface area (Å²) in [5.74, 6) is 1.08. The maximum absolute atomic E-state index is 10.4. The number of hydrogen-bond donors (Lipinski definition) is 1. The number of nitrogens with zero attached hydrogens (tertiary/aromatic N) is 1. The van der Waals surface area contributed by atoms with Gasteiger partial charge in [-0.15, -0.1) is 0 Å². The number of morpholine rings is 1. The van der Waals surface area contributed by atoms with Gasteiger partial charge in [-0.25, -0.2) is 0 Å². The SMILES string of the molecule is C[C@@H]1CC[C@@H](C(C)(C)N2CCO[C@H](C)C2)[C@H](O)C1. The van der Waals surface area contributed by atoms with E-state index in [0.717, 1.165) is 32.5 Å². The summed E-state index contributed by atoms with van der Waals surface area (Å²) in [5.41, 5.74) is 0.0809. The summed E-state index contributed by atoms with van der Waals surface area (Å²) in [6.45, 7) is 11.8. The molecule has 1 saturated heterocycles. The standard InChI is InChI=1S/C15H29NO2/c1-11-5-6-13(14(17)9-11)15(3,4)16-7-8-18-12(2)10-16/h11-14,17H,5-10H2,1-4H3/t11-,12-,13-,14-/m1/s1. The van der Waals surface area contributed by atoms with Gasteiger partial charge in [-0.05, 0) is 39.5 Å². The van der Waals surface area contributed by atoms with Crippen LogP contribution >= 0.6 is 0 Å². The Bertz CT molecular complexity index is 280. The van der Waals surface area contributed by atoms with Gasteiger partial charge in [0.15, 0.2) is 0 Å². The molecular weight excluding hydrogens is 226 g/mol. The van der Waals surface area contributed by atoms with Gasteiger partial charge in [-0.2, -0.15) is 0 Å². The molecule has 4 atom stereocenters. The van der Waals surface area contributed by atoms with E-state index in [1.165, 1.54) is 6.42 Å². The van der Waals surface area contributed by atoms with Gasteiger partial charge < -0.3 is 9.84 Å². The molecule has 0 aromatic heterocycles. The first kappa shape index (κ1) is 14.3. The summed E-state index contributed by atoms with van der Waals surface area (Å²) in [7, 11) is 0. The molecule has 1 aliphatic heterocycles. The maximum atomic E-state index is 10.4. The van der Waals surface area contributed by atoms with Gasteiger partial charge >= 0.3 is 0 Å². The first-order chi connectivity index (χ1) is 8.41. The summed E-state index contributed by atoms with van der Waals surface area (Å²) < 4.78 is 5.63. The van der Waals surface area contributed by atoms with Crippen LogP contribution in [0.5, 0.6) is 0 Å². The molecule has 1 N–H and O–H groups in total. The average molecular weight is 255 g/mol. The molecule has 1 aliphatic carbocycles. The van der Waals surface area contributed by atoms with Crippen LogP contribution in [-0.4, -0.2) is 47.4 Å². The molecule has 2 rings (SSSR count). The summed E-state index contributed by atoms with van der Waals surface area (Å²) in [6.07, 6.45) is 3.56. The van der Waals surface area contributed by atoms with E-state index in [9.17, 15) is 5.11 Å². The molecule has 106 valence electrons. The predicted octanol–water partition coefficient (Wildman–Crippen LogP) is 2.28. The Morgan fingerprint density at radius 2 is 1.94 bits per heavy atom. The number of aliphatic hydroxyl groups is 1. The molecule has 0 bridgehead atoms. The van der Waals surface area contributed by atoms with Crippen molar-refractivity contribution in [3.05, 3.63) is 0 Å². The van der Waals surface area contributed by atoms with Gasteiger partial charge in [0.05, 0.1) is 18.8 Å². The van der Waals surface area contributed by atoms with Crippen LogP contribution in [0.3, 0.4) is 0 Å². The quantitative estimate of drug-likeness (QED) is 0.821. The van der Waals surface area contributed by atoms with Crippen molar-refractivity contribution in [3.8, 4) is 0 Å². The third kappa shape index (κ3) is 2.89. The number of aliphatic hydroxyl groups excluding tert-OH is 1. The zero-order valence-electron chi connectivity index (χ0n) is 12.4. The van der Waals surface area contributed by atoms with Crippen molar-refractivity contribution in [1.29, 1.82) is 0 Å². The first-order valence-electron chi connectivity index (χ1n) is 7.46. The molecule has 0 radical (unpaired) electrons. The molecular formula is C15H29NO2. The highest BCUT2D eigenvalue weighted by atomic mass is 16.5. The first-order valence-corrected chi connectivity index (χ1v) is 7.46. The summed E-state index contributed by atoms with van der Waals surface area (Å²) >= 11 is 0. The summed E-state index contributed by atoms with van der Waals surface area (Å²) in [5, 5.41) is 10.4. The van der Waals surface area contributed by atoms with E-state index in [2.05, 4.69) is 32.6 Å². The van der Waals surface area contributed by atoms with Crippen molar-refractivity contribution < 1.29 is 9.84 Å². The van der Waals surface area contributed by atoms with E-state index >= 15 is 0 Å². The lowest BCUT2D eigenvalue weighted by Crippen LogP contribution is -2.58. The minimum atomic E-state index is -0.137. The van der Waals surface area contributed by atoms with Crippen LogP contribution in [0.15, 0.2) is 0 Å². The Morgan fingerprint density at radius 3 is 2.56 bits per heavy atom. The van der Waals surface area contributed by atoms with Crippen molar-refractivity contribution in [2.24, 2.45) is 11.8 Å². The van der Waals surface area contributed by atoms with Crippen LogP contribution in [0.1, 0.15) is 47.0 Å². The highest BCUT2D eigenvalue weighted by Gasteiger charge is 2.42. The Morgan fingerprint density at radius 1 is 1.22 bits per heavy atom. The maximum Gasteiger partial charge on any atom is 0.0674 e. The Kier molecular flexibility index (Phi) is 4.35. The molecule has 1 saturated carbocycles. The summed E-state index contributed by atoms with van der Waals surface area (Å²) in [6, 6.07) is 0. The Balaban J connectivity index is 2.04. The minimum absolute atomic E-state index is 0.0809. The lowest BCUT2D eigenvalue weighted by molar-refractivity contribution is -0.0987. The number of rotatable bonds is 2. The largest absolute Gasteiger partial charge is 0.393 e. The van der Waals surface area contributed by atoms with E-state index < -0.39 is 0 Å². The second kappa shape index (κ2) is 5.48. The van der Waals surface area contributed by atoms with Gasteiger partial charge in [0.1, 0.15) is 0 Å². The molecule has 3 heteroatoms. The molecule has 0 unspecified atom stereocenters. The molecule has 2 aliphatic rings. The summed E-state index contributed by atoms with van der Waals surface area (Å²) in [4.78, 5) is 2.52. The fourth-order valence-corrected chi connectivity index (χ4v) is 3.75. The fraction of sp³-hybridized carbons (Fsp3) is 1.00. The van der Waals surface area contributed by atoms with E-state index in [1.807, 2.05) is 0 Å². The zero-order chi connectivity index (χ0) is 13.3. The third-order valence-corrected chi connectivity index (χ3v) is 5.04. The van der Waals surface area contributed by atoms with Gasteiger partial charge in [-0.1, -0.05) is 13.3 Å². The van der Waals surface area contributed by atoms with Crippen molar-refractivity contribution in [3.63, 3.8) is 0 Å². The number of hydrogen-bond acceptors (Lipinski definition) is 3. The van der Waals surface area contributed by atoms with Crippen molar-refractivity contribution >= 4 is 0 Å². The van der Waals surface area contributed by atoms with Crippen LogP contribution in [-0.2, 0) is 4.74 Å². The monoisotopic (exact) mass is 255 g/mol. The second-order valence-electron chi connectivity index (χ2n) is 6.87. The zero-order valence-corrected chi connectivity index (χ0v) is 12.4. The second-order valence-corrected chi connectivity index (χ2v) is 6.87. The van der Waals surface area contributed by atoms with Crippen LogP contribution in [0, 0.1) is 11.8 Å². The lowest BCUT2D eigenvalue weighted by atomic mass is 9.71. The van der Waals surface area contributed by atoms with Crippen molar-refractivity contribution in [2.45, 2.75) is 64.7 Å². The average Bonchev–Trinajstić information content (AvgIpc) is 2.28. The Hall–Kier alpha value is -0.120. The van der Waals surface area contributed by atoms with Gasteiger partial charge in [0.2, 0.25) is 0 Å². The van der Waals surface area contributed by atoms with E-state index in [4.69, 9.17) is 4.74 Å². The van der Waals surface area contributed by atoms with Crippen molar-refractivity contribution in [1.82, 2.24) is 4.90 Å².